The number of aromatic carboxylic acids is 2. The van der Waals surface area contributed by atoms with Crippen LogP contribution in [0.4, 0.5) is 5.69 Å². The molecule has 1 aromatic carbocycles. The van der Waals surface area contributed by atoms with Gasteiger partial charge >= 0.3 is 11.9 Å². The van der Waals surface area contributed by atoms with Crippen LogP contribution in [0.15, 0.2) is 18.2 Å². The fraction of sp³-hybridized carbons (Fsp3) is 0.308. The topological polar surface area (TPSA) is 104 Å². The normalized spacial score (nSPS) is 10.3. The monoisotopic (exact) mass is 265 g/mol. The van der Waals surface area contributed by atoms with Gasteiger partial charge in [-0.3, -0.25) is 4.79 Å². The lowest BCUT2D eigenvalue weighted by molar-refractivity contribution is -0.116. The van der Waals surface area contributed by atoms with Gasteiger partial charge in [0.05, 0.1) is 16.8 Å². The number of amides is 1. The first-order chi connectivity index (χ1) is 8.82. The summed E-state index contributed by atoms with van der Waals surface area (Å²) < 4.78 is 0. The van der Waals surface area contributed by atoms with E-state index in [1.165, 1.54) is 18.2 Å². The molecule has 0 aliphatic carbocycles. The van der Waals surface area contributed by atoms with Gasteiger partial charge in [0.1, 0.15) is 0 Å². The lowest BCUT2D eigenvalue weighted by Gasteiger charge is -2.11. The lowest BCUT2D eigenvalue weighted by atomic mass is 10.0. The zero-order valence-electron chi connectivity index (χ0n) is 10.6. The largest absolute Gasteiger partial charge is 0.478 e. The average Bonchev–Trinajstić information content (AvgIpc) is 2.26. The van der Waals surface area contributed by atoms with E-state index in [0.717, 1.165) is 0 Å². The number of carboxylic acids is 2. The van der Waals surface area contributed by atoms with Crippen LogP contribution < -0.4 is 5.32 Å². The Bertz CT molecular complexity index is 522. The second-order valence-electron chi connectivity index (χ2n) is 4.48. The highest BCUT2D eigenvalue weighted by atomic mass is 16.4. The molecule has 0 heterocycles. The van der Waals surface area contributed by atoms with Gasteiger partial charge in [-0.05, 0) is 18.1 Å². The zero-order valence-corrected chi connectivity index (χ0v) is 10.6. The van der Waals surface area contributed by atoms with Crippen LogP contribution in [0, 0.1) is 5.92 Å². The molecule has 6 nitrogen and oxygen atoms in total. The molecular weight excluding hydrogens is 250 g/mol. The van der Waals surface area contributed by atoms with E-state index in [0.29, 0.717) is 0 Å². The molecule has 0 bridgehead atoms. The maximum atomic E-state index is 11.6. The molecule has 0 saturated heterocycles. The Morgan fingerprint density at radius 2 is 1.79 bits per heavy atom. The number of anilines is 1. The first-order valence-electron chi connectivity index (χ1n) is 5.72. The van der Waals surface area contributed by atoms with Gasteiger partial charge in [0.2, 0.25) is 5.91 Å². The van der Waals surface area contributed by atoms with E-state index in [4.69, 9.17) is 10.2 Å². The van der Waals surface area contributed by atoms with E-state index >= 15 is 0 Å². The molecule has 0 radical (unpaired) electrons. The Balaban J connectivity index is 3.14. The molecule has 6 heteroatoms. The number of hydrogen-bond acceptors (Lipinski definition) is 3. The van der Waals surface area contributed by atoms with Crippen LogP contribution in [-0.4, -0.2) is 28.1 Å². The molecule has 1 aromatic rings. The molecule has 0 saturated carbocycles. The molecule has 1 amide bonds. The highest BCUT2D eigenvalue weighted by Crippen LogP contribution is 2.21. The first-order valence-corrected chi connectivity index (χ1v) is 5.72. The van der Waals surface area contributed by atoms with Gasteiger partial charge in [-0.1, -0.05) is 19.9 Å². The smallest absolute Gasteiger partial charge is 0.338 e. The number of carboxylic acid groups (broad SMARTS) is 2. The predicted octanol–water partition coefficient (Wildman–Crippen LogP) is 2.07. The molecule has 3 N–H and O–H groups in total. The summed E-state index contributed by atoms with van der Waals surface area (Å²) in [5.74, 6) is -2.97. The van der Waals surface area contributed by atoms with Crippen molar-refractivity contribution >= 4 is 23.5 Å². The minimum Gasteiger partial charge on any atom is -0.478 e. The average molecular weight is 265 g/mol. The standard InChI is InChI=1S/C13H15NO5/c1-7(2)6-10(15)14-9-5-3-4-8(12(16)17)11(9)13(18)19/h3-5,7H,6H2,1-2H3,(H,14,15)(H,16,17)(H,18,19). The molecular formula is C13H15NO5. The number of rotatable bonds is 5. The quantitative estimate of drug-likeness (QED) is 0.756. The molecule has 0 fully saturated rings. The van der Waals surface area contributed by atoms with Gasteiger partial charge in [0.15, 0.2) is 0 Å². The van der Waals surface area contributed by atoms with E-state index in [-0.39, 0.29) is 29.5 Å². The molecule has 0 unspecified atom stereocenters. The Morgan fingerprint density at radius 1 is 1.16 bits per heavy atom. The number of nitrogens with one attached hydrogen (secondary N) is 1. The fourth-order valence-electron chi connectivity index (χ4n) is 1.64. The van der Waals surface area contributed by atoms with Crippen LogP contribution in [0.1, 0.15) is 41.0 Å². The van der Waals surface area contributed by atoms with Crippen LogP contribution in [0.3, 0.4) is 0 Å². The van der Waals surface area contributed by atoms with Crippen molar-refractivity contribution in [3.63, 3.8) is 0 Å². The Labute approximate surface area is 110 Å². The molecule has 0 aromatic heterocycles. The van der Waals surface area contributed by atoms with Crippen molar-refractivity contribution in [2.45, 2.75) is 20.3 Å². The Hall–Kier alpha value is -2.37. The minimum absolute atomic E-state index is 0.00181. The lowest BCUT2D eigenvalue weighted by Crippen LogP contribution is -2.18. The highest BCUT2D eigenvalue weighted by molar-refractivity contribution is 6.08. The Morgan fingerprint density at radius 3 is 2.26 bits per heavy atom. The van der Waals surface area contributed by atoms with Gasteiger partial charge in [-0.15, -0.1) is 0 Å². The maximum Gasteiger partial charge on any atom is 0.338 e. The van der Waals surface area contributed by atoms with E-state index < -0.39 is 17.5 Å². The summed E-state index contributed by atoms with van der Waals surface area (Å²) in [5.41, 5.74) is -0.764. The number of hydrogen-bond donors (Lipinski definition) is 3. The first kappa shape index (κ1) is 14.7. The van der Waals surface area contributed by atoms with Crippen molar-refractivity contribution in [2.24, 2.45) is 5.92 Å². The van der Waals surface area contributed by atoms with Gasteiger partial charge in [-0.2, -0.15) is 0 Å². The van der Waals surface area contributed by atoms with Gasteiger partial charge in [-0.25, -0.2) is 9.59 Å². The summed E-state index contributed by atoms with van der Waals surface area (Å²) in [6.45, 7) is 3.71. The van der Waals surface area contributed by atoms with Crippen LogP contribution in [0.25, 0.3) is 0 Å². The van der Waals surface area contributed by atoms with Crippen LogP contribution in [0.5, 0.6) is 0 Å². The summed E-state index contributed by atoms with van der Waals surface area (Å²) >= 11 is 0. The predicted molar refractivity (Wildman–Crippen MR) is 68.4 cm³/mol. The van der Waals surface area contributed by atoms with Gasteiger partial charge in [0.25, 0.3) is 0 Å². The molecule has 19 heavy (non-hydrogen) atoms. The van der Waals surface area contributed by atoms with Crippen LogP contribution in [0.2, 0.25) is 0 Å². The molecule has 0 spiro atoms. The van der Waals surface area contributed by atoms with E-state index in [1.807, 2.05) is 13.8 Å². The van der Waals surface area contributed by atoms with Crippen molar-refractivity contribution in [1.29, 1.82) is 0 Å². The molecule has 102 valence electrons. The molecule has 0 aliphatic rings. The van der Waals surface area contributed by atoms with E-state index in [9.17, 15) is 14.4 Å². The van der Waals surface area contributed by atoms with E-state index in [1.54, 1.807) is 0 Å². The summed E-state index contributed by atoms with van der Waals surface area (Å²) in [4.78, 5) is 33.7. The number of carbonyl (C=O) groups excluding carboxylic acids is 1. The van der Waals surface area contributed by atoms with Gasteiger partial charge < -0.3 is 15.5 Å². The van der Waals surface area contributed by atoms with Crippen molar-refractivity contribution in [1.82, 2.24) is 0 Å². The van der Waals surface area contributed by atoms with Gasteiger partial charge in [0, 0.05) is 6.42 Å². The SMILES string of the molecule is CC(C)CC(=O)Nc1cccc(C(=O)O)c1C(=O)O. The van der Waals surface area contributed by atoms with Crippen LogP contribution >= 0.6 is 0 Å². The second-order valence-corrected chi connectivity index (χ2v) is 4.48. The molecule has 1 rings (SSSR count). The van der Waals surface area contributed by atoms with E-state index in [2.05, 4.69) is 5.32 Å². The third-order valence-electron chi connectivity index (χ3n) is 2.38. The summed E-state index contributed by atoms with van der Waals surface area (Å²) in [5, 5.41) is 20.5. The molecule has 0 aliphatic heterocycles. The fourth-order valence-corrected chi connectivity index (χ4v) is 1.64. The van der Waals surface area contributed by atoms with Crippen molar-refractivity contribution in [3.8, 4) is 0 Å². The third kappa shape index (κ3) is 3.80. The summed E-state index contributed by atoms with van der Waals surface area (Å²) in [7, 11) is 0. The summed E-state index contributed by atoms with van der Waals surface area (Å²) in [6, 6.07) is 3.94. The van der Waals surface area contributed by atoms with Crippen molar-refractivity contribution in [3.05, 3.63) is 29.3 Å². The maximum absolute atomic E-state index is 11.6. The highest BCUT2D eigenvalue weighted by Gasteiger charge is 2.21. The van der Waals surface area contributed by atoms with Crippen LogP contribution in [-0.2, 0) is 4.79 Å². The second kappa shape index (κ2) is 5.99. The number of carbonyl (C=O) groups is 3. The van der Waals surface area contributed by atoms with Crippen molar-refractivity contribution < 1.29 is 24.6 Å². The Kier molecular flexibility index (Phi) is 4.63. The zero-order chi connectivity index (χ0) is 14.6. The third-order valence-corrected chi connectivity index (χ3v) is 2.38. The van der Waals surface area contributed by atoms with Crippen molar-refractivity contribution in [2.75, 3.05) is 5.32 Å². The minimum atomic E-state index is -1.39. The molecule has 0 atom stereocenters. The summed E-state index contributed by atoms with van der Waals surface area (Å²) in [6.07, 6.45) is 0.232. The number of benzene rings is 1.